The van der Waals surface area contributed by atoms with Crippen LogP contribution in [0.15, 0.2) is 0 Å². The molecule has 0 radical (unpaired) electrons. The highest BCUT2D eigenvalue weighted by Crippen LogP contribution is 2.43. The van der Waals surface area contributed by atoms with E-state index in [0.717, 1.165) is 6.42 Å². The van der Waals surface area contributed by atoms with Gasteiger partial charge in [-0.05, 0) is 24.7 Å². The standard InChI is InChI=1S/C13H25NO/c1-2-12(9-15)14-10-13(11-14)7-5-3-4-6-8-13/h12,15H,2-11H2,1H3. The molecular formula is C13H25NO. The van der Waals surface area contributed by atoms with Crippen molar-refractivity contribution in [3.8, 4) is 0 Å². The smallest absolute Gasteiger partial charge is 0.0586 e. The number of rotatable bonds is 3. The monoisotopic (exact) mass is 211 g/mol. The lowest BCUT2D eigenvalue weighted by Crippen LogP contribution is -2.60. The van der Waals surface area contributed by atoms with Crippen molar-refractivity contribution in [2.24, 2.45) is 5.41 Å². The van der Waals surface area contributed by atoms with Crippen molar-refractivity contribution in [2.45, 2.75) is 57.9 Å². The molecule has 0 aromatic carbocycles. The van der Waals surface area contributed by atoms with E-state index in [0.29, 0.717) is 18.1 Å². The molecule has 2 heteroatoms. The fourth-order valence-electron chi connectivity index (χ4n) is 3.37. The molecule has 0 aromatic rings. The summed E-state index contributed by atoms with van der Waals surface area (Å²) >= 11 is 0. The van der Waals surface area contributed by atoms with Crippen LogP contribution in [-0.2, 0) is 0 Å². The molecule has 2 nitrogen and oxygen atoms in total. The van der Waals surface area contributed by atoms with Crippen molar-refractivity contribution in [2.75, 3.05) is 19.7 Å². The Labute approximate surface area is 93.7 Å². The molecule has 1 saturated carbocycles. The zero-order valence-electron chi connectivity index (χ0n) is 10.0. The van der Waals surface area contributed by atoms with Crippen LogP contribution in [-0.4, -0.2) is 35.7 Å². The number of hydrogen-bond donors (Lipinski definition) is 1. The Balaban J connectivity index is 1.84. The van der Waals surface area contributed by atoms with Crippen molar-refractivity contribution in [3.05, 3.63) is 0 Å². The van der Waals surface area contributed by atoms with Crippen molar-refractivity contribution in [3.63, 3.8) is 0 Å². The Morgan fingerprint density at radius 3 is 2.20 bits per heavy atom. The van der Waals surface area contributed by atoms with Gasteiger partial charge in [-0.3, -0.25) is 4.90 Å². The fourth-order valence-corrected chi connectivity index (χ4v) is 3.37. The van der Waals surface area contributed by atoms with Crippen LogP contribution in [0.1, 0.15) is 51.9 Å². The molecule has 0 bridgehead atoms. The van der Waals surface area contributed by atoms with Gasteiger partial charge >= 0.3 is 0 Å². The van der Waals surface area contributed by atoms with Gasteiger partial charge in [-0.2, -0.15) is 0 Å². The zero-order valence-corrected chi connectivity index (χ0v) is 10.0. The molecule has 1 unspecified atom stereocenters. The Morgan fingerprint density at radius 2 is 1.73 bits per heavy atom. The summed E-state index contributed by atoms with van der Waals surface area (Å²) in [5.41, 5.74) is 0.652. The fraction of sp³-hybridized carbons (Fsp3) is 1.00. The molecule has 1 atom stereocenters. The average Bonchev–Trinajstić information content (AvgIpc) is 2.44. The van der Waals surface area contributed by atoms with Crippen LogP contribution < -0.4 is 0 Å². The van der Waals surface area contributed by atoms with Crippen LogP contribution in [0.25, 0.3) is 0 Å². The quantitative estimate of drug-likeness (QED) is 0.775. The van der Waals surface area contributed by atoms with Crippen molar-refractivity contribution >= 4 is 0 Å². The Hall–Kier alpha value is -0.0800. The molecule has 1 spiro atoms. The molecule has 1 heterocycles. The van der Waals surface area contributed by atoms with Crippen molar-refractivity contribution < 1.29 is 5.11 Å². The third kappa shape index (κ3) is 2.36. The number of aliphatic hydroxyl groups is 1. The van der Waals surface area contributed by atoms with Gasteiger partial charge in [-0.1, -0.05) is 32.6 Å². The maximum atomic E-state index is 9.26. The van der Waals surface area contributed by atoms with Gasteiger partial charge in [0.05, 0.1) is 6.61 Å². The summed E-state index contributed by atoms with van der Waals surface area (Å²) in [5, 5.41) is 9.26. The second-order valence-corrected chi connectivity index (χ2v) is 5.56. The first-order chi connectivity index (χ1) is 7.29. The van der Waals surface area contributed by atoms with Gasteiger partial charge in [0.25, 0.3) is 0 Å². The molecule has 1 aliphatic heterocycles. The van der Waals surface area contributed by atoms with Crippen LogP contribution in [0.2, 0.25) is 0 Å². The second kappa shape index (κ2) is 4.84. The lowest BCUT2D eigenvalue weighted by molar-refractivity contribution is -0.0556. The Bertz CT molecular complexity index is 185. The van der Waals surface area contributed by atoms with Gasteiger partial charge in [-0.15, -0.1) is 0 Å². The molecule has 0 aromatic heterocycles. The van der Waals surface area contributed by atoms with Crippen LogP contribution in [0.5, 0.6) is 0 Å². The largest absolute Gasteiger partial charge is 0.395 e. The van der Waals surface area contributed by atoms with Crippen LogP contribution in [0, 0.1) is 5.41 Å². The van der Waals surface area contributed by atoms with Gasteiger partial charge in [0.15, 0.2) is 0 Å². The molecule has 2 fully saturated rings. The first-order valence-electron chi connectivity index (χ1n) is 6.64. The number of nitrogens with zero attached hydrogens (tertiary/aromatic N) is 1. The molecule has 1 N–H and O–H groups in total. The maximum absolute atomic E-state index is 9.26. The number of likely N-dealkylation sites (tertiary alicyclic amines) is 1. The van der Waals surface area contributed by atoms with E-state index in [2.05, 4.69) is 11.8 Å². The van der Waals surface area contributed by atoms with Gasteiger partial charge in [0.1, 0.15) is 0 Å². The number of aliphatic hydroxyl groups excluding tert-OH is 1. The first kappa shape index (κ1) is 11.4. The minimum Gasteiger partial charge on any atom is -0.395 e. The predicted molar refractivity (Wildman–Crippen MR) is 62.9 cm³/mol. The first-order valence-corrected chi connectivity index (χ1v) is 6.64. The topological polar surface area (TPSA) is 23.5 Å². The normalized spacial score (nSPS) is 28.4. The molecule has 2 rings (SSSR count). The molecule has 88 valence electrons. The zero-order chi connectivity index (χ0) is 10.7. The van der Waals surface area contributed by atoms with Gasteiger partial charge in [-0.25, -0.2) is 0 Å². The highest BCUT2D eigenvalue weighted by Gasteiger charge is 2.44. The molecule has 1 saturated heterocycles. The molecular weight excluding hydrogens is 186 g/mol. The summed E-state index contributed by atoms with van der Waals surface area (Å²) in [7, 11) is 0. The average molecular weight is 211 g/mol. The lowest BCUT2D eigenvalue weighted by atomic mass is 9.73. The molecule has 15 heavy (non-hydrogen) atoms. The molecule has 0 amide bonds. The van der Waals surface area contributed by atoms with Crippen molar-refractivity contribution in [1.82, 2.24) is 4.90 Å². The summed E-state index contributed by atoms with van der Waals surface area (Å²) in [6, 6.07) is 0.430. The van der Waals surface area contributed by atoms with E-state index in [1.54, 1.807) is 0 Å². The van der Waals surface area contributed by atoms with E-state index in [4.69, 9.17) is 0 Å². The second-order valence-electron chi connectivity index (χ2n) is 5.56. The van der Waals surface area contributed by atoms with Gasteiger partial charge in [0.2, 0.25) is 0 Å². The van der Waals surface area contributed by atoms with Gasteiger partial charge in [0, 0.05) is 19.1 Å². The summed E-state index contributed by atoms with van der Waals surface area (Å²) < 4.78 is 0. The Morgan fingerprint density at radius 1 is 1.13 bits per heavy atom. The summed E-state index contributed by atoms with van der Waals surface area (Å²) in [6.07, 6.45) is 9.72. The highest BCUT2D eigenvalue weighted by molar-refractivity contribution is 4.97. The Kier molecular flexibility index (Phi) is 3.68. The van der Waals surface area contributed by atoms with E-state index in [-0.39, 0.29) is 0 Å². The summed E-state index contributed by atoms with van der Waals surface area (Å²) in [5.74, 6) is 0. The number of hydrogen-bond acceptors (Lipinski definition) is 2. The van der Waals surface area contributed by atoms with E-state index in [9.17, 15) is 5.11 Å². The third-order valence-corrected chi connectivity index (χ3v) is 4.44. The van der Waals surface area contributed by atoms with E-state index < -0.39 is 0 Å². The van der Waals surface area contributed by atoms with Gasteiger partial charge < -0.3 is 5.11 Å². The van der Waals surface area contributed by atoms with Crippen LogP contribution in [0.4, 0.5) is 0 Å². The molecule has 1 aliphatic carbocycles. The minimum atomic E-state index is 0.340. The summed E-state index contributed by atoms with van der Waals surface area (Å²) in [6.45, 7) is 5.03. The summed E-state index contributed by atoms with van der Waals surface area (Å²) in [4.78, 5) is 2.49. The van der Waals surface area contributed by atoms with Crippen LogP contribution >= 0.6 is 0 Å². The highest BCUT2D eigenvalue weighted by atomic mass is 16.3. The predicted octanol–water partition coefficient (Wildman–Crippen LogP) is 2.41. The minimum absolute atomic E-state index is 0.340. The van der Waals surface area contributed by atoms with E-state index in [1.165, 1.54) is 51.6 Å². The van der Waals surface area contributed by atoms with E-state index in [1.807, 2.05) is 0 Å². The van der Waals surface area contributed by atoms with E-state index >= 15 is 0 Å². The SMILES string of the molecule is CCC(CO)N1CC2(CCCCCC2)C1. The van der Waals surface area contributed by atoms with Crippen molar-refractivity contribution in [1.29, 1.82) is 0 Å². The maximum Gasteiger partial charge on any atom is 0.0586 e. The third-order valence-electron chi connectivity index (χ3n) is 4.44. The lowest BCUT2D eigenvalue weighted by Gasteiger charge is -2.53. The molecule has 2 aliphatic rings. The van der Waals surface area contributed by atoms with Crippen LogP contribution in [0.3, 0.4) is 0 Å².